The van der Waals surface area contributed by atoms with Gasteiger partial charge in [-0.2, -0.15) is 0 Å². The van der Waals surface area contributed by atoms with Crippen LogP contribution in [-0.4, -0.2) is 5.11 Å². The maximum absolute atomic E-state index is 10.3. The highest BCUT2D eigenvalue weighted by Crippen LogP contribution is 2.36. The largest absolute Gasteiger partial charge is 0.381 e. The van der Waals surface area contributed by atoms with E-state index < -0.39 is 5.60 Å². The van der Waals surface area contributed by atoms with Gasteiger partial charge in [-0.25, -0.2) is 0 Å². The first-order chi connectivity index (χ1) is 6.76. The highest BCUT2D eigenvalue weighted by Gasteiger charge is 2.30. The maximum Gasteiger partial charge on any atom is 0.109 e. The normalized spacial score (nSPS) is 23.5. The second-order valence-corrected chi connectivity index (χ2v) is 3.67. The summed E-state index contributed by atoms with van der Waals surface area (Å²) in [5.41, 5.74) is 1.37. The van der Waals surface area contributed by atoms with Gasteiger partial charge >= 0.3 is 0 Å². The van der Waals surface area contributed by atoms with E-state index in [-0.39, 0.29) is 0 Å². The number of hydrogen-bond acceptors (Lipinski definition) is 1. The summed E-state index contributed by atoms with van der Waals surface area (Å²) in [5, 5.41) is 10.3. The molecule has 0 saturated carbocycles. The molecule has 0 bridgehead atoms. The minimum atomic E-state index is -0.773. The van der Waals surface area contributed by atoms with Gasteiger partial charge in [0.05, 0.1) is 0 Å². The molecule has 14 heavy (non-hydrogen) atoms. The Bertz CT molecular complexity index is 379. The highest BCUT2D eigenvalue weighted by molar-refractivity contribution is 5.63. The number of benzene rings is 1. The molecule has 0 spiro atoms. The van der Waals surface area contributed by atoms with Crippen LogP contribution in [0.25, 0.3) is 6.08 Å². The Balaban J connectivity index is 2.32. The summed E-state index contributed by atoms with van der Waals surface area (Å²) < 4.78 is 0. The zero-order valence-corrected chi connectivity index (χ0v) is 8.11. The molecule has 0 aliphatic heterocycles. The first-order valence-corrected chi connectivity index (χ1v) is 4.88. The molecule has 0 heterocycles. The van der Waals surface area contributed by atoms with Crippen LogP contribution < -0.4 is 0 Å². The molecule has 2 rings (SSSR count). The van der Waals surface area contributed by atoms with Crippen LogP contribution in [0.5, 0.6) is 0 Å². The summed E-state index contributed by atoms with van der Waals surface area (Å²) in [6, 6.07) is 7.96. The van der Waals surface area contributed by atoms with E-state index in [0.29, 0.717) is 6.42 Å². The van der Waals surface area contributed by atoms with E-state index in [4.69, 9.17) is 0 Å². The van der Waals surface area contributed by atoms with Crippen LogP contribution in [0.2, 0.25) is 0 Å². The summed E-state index contributed by atoms with van der Waals surface area (Å²) in [6.45, 7) is 3.67. The van der Waals surface area contributed by atoms with Gasteiger partial charge in [-0.3, -0.25) is 0 Å². The molecule has 72 valence electrons. The van der Waals surface area contributed by atoms with Gasteiger partial charge in [-0.1, -0.05) is 36.4 Å². The van der Waals surface area contributed by atoms with Crippen molar-refractivity contribution in [3.8, 4) is 0 Å². The second kappa shape index (κ2) is 3.43. The molecule has 1 unspecified atom stereocenters. The maximum atomic E-state index is 10.3. The molecule has 1 aliphatic rings. The van der Waals surface area contributed by atoms with Crippen molar-refractivity contribution in [1.82, 2.24) is 0 Å². The topological polar surface area (TPSA) is 20.2 Å². The molecule has 1 atom stereocenters. The van der Waals surface area contributed by atoms with Crippen molar-refractivity contribution in [2.24, 2.45) is 0 Å². The third-order valence-corrected chi connectivity index (χ3v) is 2.70. The Kier molecular flexibility index (Phi) is 2.26. The highest BCUT2D eigenvalue weighted by atomic mass is 16.3. The van der Waals surface area contributed by atoms with Gasteiger partial charge in [0.15, 0.2) is 0 Å². The average molecular weight is 186 g/mol. The predicted molar refractivity (Wildman–Crippen MR) is 58.8 cm³/mol. The standard InChI is InChI=1S/C13H14O/c1-2-3-9-13(14)10-8-11-6-4-5-7-12(11)13/h2,4-8,10,14H,1,3,9H2. The number of fused-ring (bicyclic) bond motifs is 1. The van der Waals surface area contributed by atoms with E-state index in [1.54, 1.807) is 0 Å². The number of aliphatic hydroxyl groups is 1. The summed E-state index contributed by atoms with van der Waals surface area (Å²) in [6.07, 6.45) is 7.24. The minimum absolute atomic E-state index is 0.712. The van der Waals surface area contributed by atoms with Gasteiger partial charge in [-0.05, 0) is 30.0 Å². The lowest BCUT2D eigenvalue weighted by Crippen LogP contribution is -2.20. The number of allylic oxidation sites excluding steroid dienone is 1. The van der Waals surface area contributed by atoms with Crippen LogP contribution in [0.3, 0.4) is 0 Å². The Morgan fingerprint density at radius 2 is 2.14 bits per heavy atom. The first-order valence-electron chi connectivity index (χ1n) is 4.88. The van der Waals surface area contributed by atoms with Crippen molar-refractivity contribution in [2.75, 3.05) is 0 Å². The third-order valence-electron chi connectivity index (χ3n) is 2.70. The molecular weight excluding hydrogens is 172 g/mol. The number of hydrogen-bond donors (Lipinski definition) is 1. The van der Waals surface area contributed by atoms with Crippen LogP contribution >= 0.6 is 0 Å². The van der Waals surface area contributed by atoms with Gasteiger partial charge < -0.3 is 5.11 Å². The van der Waals surface area contributed by atoms with Gasteiger partial charge in [0.2, 0.25) is 0 Å². The average Bonchev–Trinajstić information content (AvgIpc) is 2.55. The van der Waals surface area contributed by atoms with Crippen LogP contribution in [0, 0.1) is 0 Å². The zero-order valence-electron chi connectivity index (χ0n) is 8.11. The summed E-state index contributed by atoms with van der Waals surface area (Å²) in [5.74, 6) is 0. The molecule has 1 aliphatic carbocycles. The Labute approximate surface area is 84.4 Å². The molecule has 0 aromatic heterocycles. The Hall–Kier alpha value is -1.34. The molecule has 0 fully saturated rings. The zero-order chi connectivity index (χ0) is 10.0. The Morgan fingerprint density at radius 1 is 1.36 bits per heavy atom. The summed E-state index contributed by atoms with van der Waals surface area (Å²) in [4.78, 5) is 0. The van der Waals surface area contributed by atoms with E-state index in [9.17, 15) is 5.11 Å². The fourth-order valence-electron chi connectivity index (χ4n) is 1.89. The quantitative estimate of drug-likeness (QED) is 0.720. The van der Waals surface area contributed by atoms with Crippen LogP contribution in [-0.2, 0) is 5.60 Å². The van der Waals surface area contributed by atoms with Crippen molar-refractivity contribution < 1.29 is 5.11 Å². The summed E-state index contributed by atoms with van der Waals surface area (Å²) in [7, 11) is 0. The summed E-state index contributed by atoms with van der Waals surface area (Å²) >= 11 is 0. The van der Waals surface area contributed by atoms with E-state index in [1.807, 2.05) is 42.5 Å². The van der Waals surface area contributed by atoms with E-state index in [0.717, 1.165) is 17.5 Å². The van der Waals surface area contributed by atoms with Gasteiger partial charge in [0, 0.05) is 0 Å². The molecule has 1 aromatic carbocycles. The van der Waals surface area contributed by atoms with Crippen LogP contribution in [0.15, 0.2) is 43.0 Å². The monoisotopic (exact) mass is 186 g/mol. The lowest BCUT2D eigenvalue weighted by atomic mass is 9.91. The predicted octanol–water partition coefficient (Wildman–Crippen LogP) is 2.87. The Morgan fingerprint density at radius 3 is 2.93 bits per heavy atom. The van der Waals surface area contributed by atoms with E-state index in [1.165, 1.54) is 0 Å². The molecule has 1 nitrogen and oxygen atoms in total. The lowest BCUT2D eigenvalue weighted by molar-refractivity contribution is 0.0841. The fourth-order valence-corrected chi connectivity index (χ4v) is 1.89. The SMILES string of the molecule is C=CCCC1(O)C=Cc2ccccc21. The molecule has 0 amide bonds. The third kappa shape index (κ3) is 1.40. The fraction of sp³-hybridized carbons (Fsp3) is 0.231. The van der Waals surface area contributed by atoms with Crippen molar-refractivity contribution in [3.05, 3.63) is 54.1 Å². The van der Waals surface area contributed by atoms with Crippen molar-refractivity contribution in [2.45, 2.75) is 18.4 Å². The van der Waals surface area contributed by atoms with Gasteiger partial charge in [-0.15, -0.1) is 6.58 Å². The van der Waals surface area contributed by atoms with E-state index in [2.05, 4.69) is 6.58 Å². The van der Waals surface area contributed by atoms with Gasteiger partial charge in [0.25, 0.3) is 0 Å². The van der Waals surface area contributed by atoms with Gasteiger partial charge in [0.1, 0.15) is 5.60 Å². The molecular formula is C13H14O. The molecule has 0 saturated heterocycles. The van der Waals surface area contributed by atoms with Crippen LogP contribution in [0.4, 0.5) is 0 Å². The van der Waals surface area contributed by atoms with Crippen molar-refractivity contribution >= 4 is 6.08 Å². The molecule has 1 heteroatoms. The molecule has 1 N–H and O–H groups in total. The first kappa shape index (κ1) is 9.22. The minimum Gasteiger partial charge on any atom is -0.381 e. The van der Waals surface area contributed by atoms with Crippen molar-refractivity contribution in [3.63, 3.8) is 0 Å². The van der Waals surface area contributed by atoms with Crippen molar-refractivity contribution in [1.29, 1.82) is 0 Å². The smallest absolute Gasteiger partial charge is 0.109 e. The molecule has 0 radical (unpaired) electrons. The number of rotatable bonds is 3. The molecule has 1 aromatic rings. The van der Waals surface area contributed by atoms with Crippen LogP contribution in [0.1, 0.15) is 24.0 Å². The second-order valence-electron chi connectivity index (χ2n) is 3.67. The van der Waals surface area contributed by atoms with E-state index >= 15 is 0 Å². The lowest BCUT2D eigenvalue weighted by Gasteiger charge is -2.21.